The number of hydrogen-bond acceptors (Lipinski definition) is 5. The number of hydrogen-bond donors (Lipinski definition) is 0. The molecule has 1 fully saturated rings. The first-order chi connectivity index (χ1) is 14.5. The maximum Gasteiger partial charge on any atom is 0.343 e. The van der Waals surface area contributed by atoms with E-state index >= 15 is 0 Å². The first-order valence-electron chi connectivity index (χ1n) is 10.3. The number of rotatable bonds is 8. The normalized spacial score (nSPS) is 18.1. The molecule has 1 aromatic heterocycles. The molecule has 10 heteroatoms. The van der Waals surface area contributed by atoms with E-state index in [1.165, 1.54) is 15.2 Å². The summed E-state index contributed by atoms with van der Waals surface area (Å²) in [6.07, 6.45) is 4.84. The summed E-state index contributed by atoms with van der Waals surface area (Å²) in [6, 6.07) is 5.43. The number of benzene rings is 1. The predicted octanol–water partition coefficient (Wildman–Crippen LogP) is 2.34. The highest BCUT2D eigenvalue weighted by Crippen LogP contribution is 2.24. The van der Waals surface area contributed by atoms with E-state index in [2.05, 4.69) is 14.4 Å². The fraction of sp³-hybridized carbons (Fsp3) is 0.524. The van der Waals surface area contributed by atoms with Gasteiger partial charge < -0.3 is 10.0 Å². The zero-order chi connectivity index (χ0) is 22.8. The largest absolute Gasteiger partial charge is 0.861 e. The Balaban J connectivity index is 1.87. The van der Waals surface area contributed by atoms with Gasteiger partial charge in [0.1, 0.15) is 0 Å². The molecule has 2 heterocycles. The van der Waals surface area contributed by atoms with Gasteiger partial charge in [0.05, 0.1) is 18.4 Å². The maximum atomic E-state index is 13.1. The molecule has 1 aliphatic heterocycles. The average Bonchev–Trinajstić information content (AvgIpc) is 3.26. The molecule has 0 amide bonds. The monoisotopic (exact) mass is 466 g/mol. The molecule has 1 atom stereocenters. The smallest absolute Gasteiger partial charge is 0.343 e. The molecule has 0 spiro atoms. The van der Waals surface area contributed by atoms with Gasteiger partial charge in [0, 0.05) is 30.7 Å². The molecule has 31 heavy (non-hydrogen) atoms. The summed E-state index contributed by atoms with van der Waals surface area (Å²) in [7, 11) is -0.549. The molecular weight excluding hydrogens is 438 g/mol. The van der Waals surface area contributed by atoms with Crippen LogP contribution < -0.4 is 9.41 Å². The molecule has 0 bridgehead atoms. The fourth-order valence-corrected chi connectivity index (χ4v) is 5.17. The van der Waals surface area contributed by atoms with Gasteiger partial charge in [0.25, 0.3) is 0 Å². The van der Waals surface area contributed by atoms with Crippen molar-refractivity contribution in [1.29, 1.82) is 0 Å². The second-order valence-corrected chi connectivity index (χ2v) is 10.3. The molecule has 1 aliphatic rings. The Bertz CT molecular complexity index is 1050. The average molecular weight is 467 g/mol. The Kier molecular flexibility index (Phi) is 7.28. The zero-order valence-corrected chi connectivity index (χ0v) is 19.9. The standard InChI is InChI=1S/C21H30ClN5O3S/c1-15(2)17-8-16(9-18(22)11-17)10-21(28)24-31(29,30)27(20-12-23-26(4)13-20)14-19-6-5-7-25(19)3/h8-9,11-13,15,19H,5-7,10,14H2,1-4H3,(H,24,28)/p-1/t19-/m0/s1. The van der Waals surface area contributed by atoms with Crippen LogP contribution in [0.15, 0.2) is 35.0 Å². The summed E-state index contributed by atoms with van der Waals surface area (Å²) in [5, 5.41) is 17.2. The van der Waals surface area contributed by atoms with Crippen molar-refractivity contribution in [2.45, 2.75) is 45.1 Å². The highest BCUT2D eigenvalue weighted by atomic mass is 35.5. The first-order valence-corrected chi connectivity index (χ1v) is 12.1. The lowest BCUT2D eigenvalue weighted by atomic mass is 10.00. The number of aromatic nitrogens is 2. The van der Waals surface area contributed by atoms with Crippen LogP contribution in [0.3, 0.4) is 0 Å². The van der Waals surface area contributed by atoms with Crippen molar-refractivity contribution in [1.82, 2.24) is 14.7 Å². The summed E-state index contributed by atoms with van der Waals surface area (Å²) < 4.78 is 32.6. The van der Waals surface area contributed by atoms with Crippen LogP contribution >= 0.6 is 11.6 Å². The van der Waals surface area contributed by atoms with Crippen LogP contribution in [0.5, 0.6) is 0 Å². The van der Waals surface area contributed by atoms with E-state index < -0.39 is 16.1 Å². The Morgan fingerprint density at radius 1 is 1.35 bits per heavy atom. The third-order valence-electron chi connectivity index (χ3n) is 5.52. The highest BCUT2D eigenvalue weighted by molar-refractivity contribution is 7.91. The lowest BCUT2D eigenvalue weighted by Gasteiger charge is -2.28. The number of anilines is 1. The number of likely N-dealkylation sites (N-methyl/N-ethyl adjacent to an activating group) is 1. The second-order valence-electron chi connectivity index (χ2n) is 8.37. The Morgan fingerprint density at radius 2 is 2.10 bits per heavy atom. The van der Waals surface area contributed by atoms with Crippen LogP contribution in [-0.2, 0) is 23.7 Å². The van der Waals surface area contributed by atoms with Crippen molar-refractivity contribution in [3.63, 3.8) is 0 Å². The topological polar surface area (TPSA) is 93.9 Å². The Morgan fingerprint density at radius 3 is 2.68 bits per heavy atom. The molecule has 0 radical (unpaired) electrons. The molecule has 1 aromatic carbocycles. The van der Waals surface area contributed by atoms with Gasteiger partial charge in [0.15, 0.2) is 0 Å². The van der Waals surface area contributed by atoms with Crippen molar-refractivity contribution in [2.24, 2.45) is 11.4 Å². The van der Waals surface area contributed by atoms with Crippen molar-refractivity contribution in [3.05, 3.63) is 46.7 Å². The van der Waals surface area contributed by atoms with Crippen LogP contribution in [-0.4, -0.2) is 55.2 Å². The Hall–Kier alpha value is -2.10. The molecule has 8 nitrogen and oxygen atoms in total. The molecule has 170 valence electrons. The molecule has 1 saturated heterocycles. The van der Waals surface area contributed by atoms with Crippen LogP contribution in [0.4, 0.5) is 5.69 Å². The van der Waals surface area contributed by atoms with Gasteiger partial charge in [-0.15, -0.1) is 0 Å². The summed E-state index contributed by atoms with van der Waals surface area (Å²) in [5.41, 5.74) is 2.02. The van der Waals surface area contributed by atoms with Gasteiger partial charge in [-0.3, -0.25) is 4.68 Å². The van der Waals surface area contributed by atoms with Crippen molar-refractivity contribution < 1.29 is 13.5 Å². The van der Waals surface area contributed by atoms with E-state index in [1.54, 1.807) is 19.3 Å². The molecule has 3 rings (SSSR count). The number of halogens is 1. The first kappa shape index (κ1) is 23.6. The van der Waals surface area contributed by atoms with Gasteiger partial charge in [0.2, 0.25) is 0 Å². The van der Waals surface area contributed by atoms with E-state index in [4.69, 9.17) is 11.6 Å². The van der Waals surface area contributed by atoms with Gasteiger partial charge >= 0.3 is 10.2 Å². The fourth-order valence-electron chi connectivity index (χ4n) is 3.77. The molecule has 0 N–H and O–H groups in total. The minimum Gasteiger partial charge on any atom is -0.861 e. The molecular formula is C21H29ClN5O3S-. The van der Waals surface area contributed by atoms with Crippen molar-refractivity contribution in [3.8, 4) is 0 Å². The molecule has 0 unspecified atom stereocenters. The third kappa shape index (κ3) is 5.99. The highest BCUT2D eigenvalue weighted by Gasteiger charge is 2.30. The molecule has 0 saturated carbocycles. The van der Waals surface area contributed by atoms with Crippen molar-refractivity contribution in [2.75, 3.05) is 24.4 Å². The lowest BCUT2D eigenvalue weighted by molar-refractivity contribution is -0.217. The van der Waals surface area contributed by atoms with Gasteiger partial charge in [-0.1, -0.05) is 31.5 Å². The van der Waals surface area contributed by atoms with E-state index in [9.17, 15) is 13.5 Å². The maximum absolute atomic E-state index is 13.1. The van der Waals surface area contributed by atoms with Crippen LogP contribution in [0.25, 0.3) is 0 Å². The van der Waals surface area contributed by atoms with Crippen molar-refractivity contribution >= 4 is 33.4 Å². The van der Waals surface area contributed by atoms with Gasteiger partial charge in [-0.2, -0.15) is 17.9 Å². The summed E-state index contributed by atoms with van der Waals surface area (Å²) >= 11 is 6.17. The minimum absolute atomic E-state index is 0.0572. The van der Waals surface area contributed by atoms with Crippen LogP contribution in [0.1, 0.15) is 43.7 Å². The van der Waals surface area contributed by atoms with Gasteiger partial charge in [-0.05, 0) is 61.5 Å². The number of aryl methyl sites for hydroxylation is 1. The number of nitrogens with zero attached hydrogens (tertiary/aromatic N) is 5. The minimum atomic E-state index is -4.23. The summed E-state index contributed by atoms with van der Waals surface area (Å²) in [5.74, 6) is -0.497. The quantitative estimate of drug-likeness (QED) is 0.439. The summed E-state index contributed by atoms with van der Waals surface area (Å²) in [6.45, 7) is 5.18. The van der Waals surface area contributed by atoms with E-state index in [-0.39, 0.29) is 24.9 Å². The van der Waals surface area contributed by atoms with E-state index in [0.29, 0.717) is 16.3 Å². The lowest BCUT2D eigenvalue weighted by Crippen LogP contribution is -2.42. The molecule has 2 aromatic rings. The van der Waals surface area contributed by atoms with Crippen LogP contribution in [0.2, 0.25) is 5.02 Å². The Labute approximate surface area is 189 Å². The van der Waals surface area contributed by atoms with Gasteiger partial charge in [-0.25, -0.2) is 4.31 Å². The van der Waals surface area contributed by atoms with Crippen LogP contribution in [0, 0.1) is 0 Å². The molecule has 0 aliphatic carbocycles. The number of likely N-dealkylation sites (tertiary alicyclic amines) is 1. The zero-order valence-electron chi connectivity index (χ0n) is 18.3. The van der Waals surface area contributed by atoms with E-state index in [1.807, 2.05) is 33.0 Å². The predicted molar refractivity (Wildman–Crippen MR) is 122 cm³/mol. The van der Waals surface area contributed by atoms with E-state index in [0.717, 1.165) is 24.9 Å². The summed E-state index contributed by atoms with van der Waals surface area (Å²) in [4.78, 5) is 2.13. The third-order valence-corrected chi connectivity index (χ3v) is 7.09. The SMILES string of the molecule is CC(C)c1cc(Cl)cc(C/C([O-])=N/S(=O)(=O)N(C[C@@H]2CCCN2C)c2cnn(C)c2)c1. The second kappa shape index (κ2) is 9.58.